The first kappa shape index (κ1) is 7.37. The average molecular weight is 114 g/mol. The lowest BCUT2D eigenvalue weighted by Gasteiger charge is -1.94. The van der Waals surface area contributed by atoms with Gasteiger partial charge in [0.2, 0.25) is 0 Å². The minimum Gasteiger partial charge on any atom is -0.381 e. The topological polar surface area (TPSA) is 37.3 Å². The van der Waals surface area contributed by atoms with Crippen LogP contribution < -0.4 is 0 Å². The van der Waals surface area contributed by atoms with Crippen molar-refractivity contribution >= 4 is 5.78 Å². The first-order valence-corrected chi connectivity index (χ1v) is 2.50. The number of hydrogen-bond donors (Lipinski definition) is 1. The van der Waals surface area contributed by atoms with E-state index in [1.807, 2.05) is 0 Å². The van der Waals surface area contributed by atoms with Crippen molar-refractivity contribution in [3.05, 3.63) is 12.2 Å². The Kier molecular flexibility index (Phi) is 3.12. The summed E-state index contributed by atoms with van der Waals surface area (Å²) in [5.41, 5.74) is 0. The van der Waals surface area contributed by atoms with Crippen LogP contribution in [0.25, 0.3) is 0 Å². The predicted octanol–water partition coefficient (Wildman–Crippen LogP) is 0.512. The fraction of sp³-hybridized carbons (Fsp3) is 0.500. The molecule has 0 spiro atoms. The fourth-order valence-electron chi connectivity index (χ4n) is 0.318. The van der Waals surface area contributed by atoms with Gasteiger partial charge in [-0.25, -0.2) is 0 Å². The molecule has 0 aromatic carbocycles. The molecular weight excluding hydrogens is 104 g/mol. The number of aliphatic hydroxyl groups excluding tert-OH is 1. The van der Waals surface area contributed by atoms with Gasteiger partial charge in [0.1, 0.15) is 6.10 Å². The molecule has 0 heterocycles. The van der Waals surface area contributed by atoms with E-state index in [1.165, 1.54) is 13.0 Å². The summed E-state index contributed by atoms with van der Waals surface area (Å²) in [4.78, 5) is 10.2. The lowest BCUT2D eigenvalue weighted by Crippen LogP contribution is -2.12. The zero-order valence-corrected chi connectivity index (χ0v) is 5.09. The molecule has 0 aromatic rings. The summed E-state index contributed by atoms with van der Waals surface area (Å²) in [5.74, 6) is -0.219. The molecule has 2 nitrogen and oxygen atoms in total. The van der Waals surface area contributed by atoms with Gasteiger partial charge in [-0.15, -0.1) is 0 Å². The highest BCUT2D eigenvalue weighted by atomic mass is 16.3. The molecule has 1 N–H and O–H groups in total. The van der Waals surface area contributed by atoms with Crippen LogP contribution in [0.2, 0.25) is 0 Å². The smallest absolute Gasteiger partial charge is 0.162 e. The van der Waals surface area contributed by atoms with Gasteiger partial charge >= 0.3 is 0 Å². The fourth-order valence-corrected chi connectivity index (χ4v) is 0.318. The number of hydrogen-bond acceptors (Lipinski definition) is 2. The minimum atomic E-state index is -0.903. The van der Waals surface area contributed by atoms with Crippen molar-refractivity contribution in [2.45, 2.75) is 20.0 Å². The molecule has 0 amide bonds. The van der Waals surface area contributed by atoms with Crippen LogP contribution in [-0.4, -0.2) is 17.0 Å². The maximum atomic E-state index is 10.2. The van der Waals surface area contributed by atoms with Crippen LogP contribution in [0.3, 0.4) is 0 Å². The minimum absolute atomic E-state index is 0.219. The molecule has 0 fully saturated rings. The quantitative estimate of drug-likeness (QED) is 0.531. The highest BCUT2D eigenvalue weighted by molar-refractivity contribution is 5.81. The Hall–Kier alpha value is -0.630. The summed E-state index contributed by atoms with van der Waals surface area (Å²) in [6.45, 7) is 3.11. The summed E-state index contributed by atoms with van der Waals surface area (Å²) in [5, 5.41) is 8.69. The Morgan fingerprint density at radius 3 is 2.38 bits per heavy atom. The molecule has 0 aromatic heterocycles. The summed E-state index contributed by atoms with van der Waals surface area (Å²) in [7, 11) is 0. The first-order valence-electron chi connectivity index (χ1n) is 2.50. The number of allylic oxidation sites excluding steroid dienone is 1. The summed E-state index contributed by atoms with van der Waals surface area (Å²) >= 11 is 0. The molecule has 0 rings (SSSR count). The lowest BCUT2D eigenvalue weighted by molar-refractivity contribution is -0.122. The largest absolute Gasteiger partial charge is 0.381 e. The van der Waals surface area contributed by atoms with Gasteiger partial charge in [-0.05, 0) is 13.8 Å². The highest BCUT2D eigenvalue weighted by Crippen LogP contribution is 1.85. The van der Waals surface area contributed by atoms with Crippen molar-refractivity contribution in [1.82, 2.24) is 0 Å². The number of aliphatic hydroxyl groups is 1. The van der Waals surface area contributed by atoms with Crippen molar-refractivity contribution < 1.29 is 9.90 Å². The van der Waals surface area contributed by atoms with Gasteiger partial charge in [0, 0.05) is 0 Å². The van der Waals surface area contributed by atoms with E-state index >= 15 is 0 Å². The number of Topliss-reactive ketones (excluding diaryl/α,β-unsaturated/α-hetero) is 1. The Balaban J connectivity index is 3.64. The number of ketones is 1. The van der Waals surface area contributed by atoms with Crippen molar-refractivity contribution in [2.75, 3.05) is 0 Å². The second-order valence-corrected chi connectivity index (χ2v) is 1.58. The number of carbonyl (C=O) groups is 1. The van der Waals surface area contributed by atoms with E-state index in [0.717, 1.165) is 0 Å². The third-order valence-electron chi connectivity index (χ3n) is 0.791. The standard InChI is InChI=1S/C6H10O2/c1-3-4-6(8)5(2)7/h3-4,6,8H,1-2H3. The Morgan fingerprint density at radius 1 is 1.75 bits per heavy atom. The van der Waals surface area contributed by atoms with Crippen LogP contribution in [0.4, 0.5) is 0 Å². The van der Waals surface area contributed by atoms with Crippen LogP contribution in [0.5, 0.6) is 0 Å². The Labute approximate surface area is 48.8 Å². The normalized spacial score (nSPS) is 14.4. The SMILES string of the molecule is CC=CC(O)C(C)=O. The molecule has 0 aliphatic carbocycles. The van der Waals surface area contributed by atoms with Crippen LogP contribution in [0, 0.1) is 0 Å². The van der Waals surface area contributed by atoms with Crippen molar-refractivity contribution in [2.24, 2.45) is 0 Å². The van der Waals surface area contributed by atoms with E-state index in [9.17, 15) is 4.79 Å². The molecule has 0 bridgehead atoms. The molecule has 0 saturated heterocycles. The second kappa shape index (κ2) is 3.38. The molecule has 0 aliphatic heterocycles. The maximum absolute atomic E-state index is 10.2. The zero-order chi connectivity index (χ0) is 6.57. The van der Waals surface area contributed by atoms with E-state index in [-0.39, 0.29) is 5.78 Å². The zero-order valence-electron chi connectivity index (χ0n) is 5.09. The highest BCUT2D eigenvalue weighted by Gasteiger charge is 2.01. The van der Waals surface area contributed by atoms with Gasteiger partial charge in [0.15, 0.2) is 5.78 Å². The number of rotatable bonds is 2. The van der Waals surface area contributed by atoms with Crippen LogP contribution in [-0.2, 0) is 4.79 Å². The van der Waals surface area contributed by atoms with Gasteiger partial charge in [0.05, 0.1) is 0 Å². The molecular formula is C6H10O2. The van der Waals surface area contributed by atoms with E-state index < -0.39 is 6.10 Å². The monoisotopic (exact) mass is 114 g/mol. The van der Waals surface area contributed by atoms with Crippen molar-refractivity contribution in [3.63, 3.8) is 0 Å². The first-order chi connectivity index (χ1) is 3.68. The Bertz CT molecular complexity index is 105. The van der Waals surface area contributed by atoms with E-state index in [1.54, 1.807) is 13.0 Å². The van der Waals surface area contributed by atoms with Crippen molar-refractivity contribution in [1.29, 1.82) is 0 Å². The Morgan fingerprint density at radius 2 is 2.25 bits per heavy atom. The van der Waals surface area contributed by atoms with Gasteiger partial charge in [-0.1, -0.05) is 12.2 Å². The second-order valence-electron chi connectivity index (χ2n) is 1.58. The van der Waals surface area contributed by atoms with Crippen LogP contribution in [0.15, 0.2) is 12.2 Å². The molecule has 2 heteroatoms. The third kappa shape index (κ3) is 2.53. The van der Waals surface area contributed by atoms with Gasteiger partial charge in [-0.2, -0.15) is 0 Å². The summed E-state index contributed by atoms with van der Waals surface area (Å²) < 4.78 is 0. The summed E-state index contributed by atoms with van der Waals surface area (Å²) in [6, 6.07) is 0. The van der Waals surface area contributed by atoms with Gasteiger partial charge in [-0.3, -0.25) is 4.79 Å². The predicted molar refractivity (Wildman–Crippen MR) is 31.5 cm³/mol. The average Bonchev–Trinajstić information content (AvgIpc) is 1.67. The molecule has 1 unspecified atom stereocenters. The molecule has 0 aliphatic rings. The third-order valence-corrected chi connectivity index (χ3v) is 0.791. The van der Waals surface area contributed by atoms with Gasteiger partial charge < -0.3 is 5.11 Å². The maximum Gasteiger partial charge on any atom is 0.162 e. The van der Waals surface area contributed by atoms with Gasteiger partial charge in [0.25, 0.3) is 0 Å². The van der Waals surface area contributed by atoms with E-state index in [4.69, 9.17) is 5.11 Å². The molecule has 46 valence electrons. The van der Waals surface area contributed by atoms with Crippen LogP contribution >= 0.6 is 0 Å². The molecule has 8 heavy (non-hydrogen) atoms. The molecule has 0 radical (unpaired) electrons. The summed E-state index contributed by atoms with van der Waals surface area (Å²) in [6.07, 6.45) is 2.19. The lowest BCUT2D eigenvalue weighted by atomic mass is 10.2. The van der Waals surface area contributed by atoms with E-state index in [0.29, 0.717) is 0 Å². The molecule has 0 saturated carbocycles. The number of carbonyl (C=O) groups excluding carboxylic acids is 1. The molecule has 1 atom stereocenters. The van der Waals surface area contributed by atoms with Crippen molar-refractivity contribution in [3.8, 4) is 0 Å². The van der Waals surface area contributed by atoms with Crippen LogP contribution in [0.1, 0.15) is 13.8 Å². The van der Waals surface area contributed by atoms with E-state index in [2.05, 4.69) is 0 Å².